The third-order valence-corrected chi connectivity index (χ3v) is 5.56. The van der Waals surface area contributed by atoms with E-state index in [1.54, 1.807) is 5.56 Å². The van der Waals surface area contributed by atoms with Crippen molar-refractivity contribution in [3.8, 4) is 0 Å². The molecule has 1 atom stereocenters. The molecular weight excluding hydrogens is 262 g/mol. The summed E-state index contributed by atoms with van der Waals surface area (Å²) in [5.74, 6) is 2.73. The molecule has 20 heavy (non-hydrogen) atoms. The molecule has 1 nitrogen and oxygen atoms in total. The first-order valence-corrected chi connectivity index (χ1v) is 9.10. The maximum Gasteiger partial charge on any atom is 0.0108 e. The van der Waals surface area contributed by atoms with Gasteiger partial charge < -0.3 is 0 Å². The van der Waals surface area contributed by atoms with Gasteiger partial charge in [-0.2, -0.15) is 0 Å². The summed E-state index contributed by atoms with van der Waals surface area (Å²) in [6, 6.07) is 9.72. The van der Waals surface area contributed by atoms with Crippen molar-refractivity contribution in [2.75, 3.05) is 18.8 Å². The molecule has 0 saturated heterocycles. The summed E-state index contributed by atoms with van der Waals surface area (Å²) in [5, 5.41) is 0. The van der Waals surface area contributed by atoms with Gasteiger partial charge in [-0.05, 0) is 30.4 Å². The molecule has 0 fully saturated rings. The Balaban J connectivity index is 2.08. The molecule has 1 aromatic carbocycles. The Bertz CT molecular complexity index is 412. The summed E-state index contributed by atoms with van der Waals surface area (Å²) in [5.41, 5.74) is 1.58. The zero-order valence-corrected chi connectivity index (χ0v) is 14.2. The van der Waals surface area contributed by atoms with Gasteiger partial charge in [-0.15, -0.1) is 11.8 Å². The molecular formula is C18H29NS. The van der Waals surface area contributed by atoms with Crippen LogP contribution >= 0.6 is 11.8 Å². The summed E-state index contributed by atoms with van der Waals surface area (Å²) in [6.07, 6.45) is 2.54. The average molecular weight is 292 g/mol. The van der Waals surface area contributed by atoms with Crippen molar-refractivity contribution < 1.29 is 0 Å². The van der Waals surface area contributed by atoms with E-state index in [0.29, 0.717) is 0 Å². The molecule has 1 heterocycles. The van der Waals surface area contributed by atoms with Crippen molar-refractivity contribution >= 4 is 11.8 Å². The minimum atomic E-state index is 0.718. The van der Waals surface area contributed by atoms with Crippen LogP contribution in [0.4, 0.5) is 0 Å². The summed E-state index contributed by atoms with van der Waals surface area (Å²) in [4.78, 5) is 4.25. The zero-order valence-electron chi connectivity index (χ0n) is 13.4. The molecule has 1 aliphatic heterocycles. The Kier molecular flexibility index (Phi) is 5.98. The molecule has 1 unspecified atom stereocenters. The van der Waals surface area contributed by atoms with Crippen molar-refractivity contribution in [2.24, 2.45) is 5.92 Å². The van der Waals surface area contributed by atoms with E-state index in [0.717, 1.165) is 17.9 Å². The van der Waals surface area contributed by atoms with Crippen molar-refractivity contribution in [3.05, 3.63) is 29.8 Å². The van der Waals surface area contributed by atoms with Crippen LogP contribution in [0.2, 0.25) is 0 Å². The zero-order chi connectivity index (χ0) is 14.5. The number of hydrogen-bond acceptors (Lipinski definition) is 2. The van der Waals surface area contributed by atoms with Crippen molar-refractivity contribution in [2.45, 2.75) is 57.4 Å². The van der Waals surface area contributed by atoms with E-state index in [-0.39, 0.29) is 0 Å². The van der Waals surface area contributed by atoms with Gasteiger partial charge in [0.05, 0.1) is 0 Å². The molecule has 0 amide bonds. The van der Waals surface area contributed by atoms with Gasteiger partial charge in [0, 0.05) is 35.7 Å². The van der Waals surface area contributed by atoms with E-state index in [1.165, 1.54) is 36.6 Å². The SMILES string of the molecule is CCC(CC)N(CC(C)C)CC1CSc2ccccc21. The van der Waals surface area contributed by atoms with E-state index < -0.39 is 0 Å². The minimum absolute atomic E-state index is 0.718. The number of hydrogen-bond donors (Lipinski definition) is 0. The normalized spacial score (nSPS) is 18.2. The predicted molar refractivity (Wildman–Crippen MR) is 90.7 cm³/mol. The van der Waals surface area contributed by atoms with E-state index in [1.807, 2.05) is 11.8 Å². The largest absolute Gasteiger partial charge is 0.300 e. The molecule has 0 spiro atoms. The Morgan fingerprint density at radius 1 is 1.20 bits per heavy atom. The lowest BCUT2D eigenvalue weighted by Crippen LogP contribution is -2.40. The van der Waals surface area contributed by atoms with E-state index >= 15 is 0 Å². The van der Waals surface area contributed by atoms with Crippen LogP contribution in [-0.2, 0) is 0 Å². The Hall–Kier alpha value is -0.470. The number of rotatable bonds is 7. The Morgan fingerprint density at radius 3 is 2.55 bits per heavy atom. The standard InChI is InChI=1S/C18H29NS/c1-5-16(6-2)19(11-14(3)4)12-15-13-20-18-10-8-7-9-17(15)18/h7-10,14-16H,5-6,11-13H2,1-4H3. The molecule has 2 rings (SSSR count). The van der Waals surface area contributed by atoms with Gasteiger partial charge >= 0.3 is 0 Å². The number of nitrogens with zero attached hydrogens (tertiary/aromatic N) is 1. The molecule has 1 aliphatic rings. The smallest absolute Gasteiger partial charge is 0.0108 e. The fourth-order valence-corrected chi connectivity index (χ4v) is 4.55. The third kappa shape index (κ3) is 3.79. The molecule has 2 heteroatoms. The van der Waals surface area contributed by atoms with Gasteiger partial charge in [0.1, 0.15) is 0 Å². The van der Waals surface area contributed by atoms with Crippen LogP contribution in [0.15, 0.2) is 29.2 Å². The van der Waals surface area contributed by atoms with Crippen molar-refractivity contribution in [1.82, 2.24) is 4.90 Å². The fraction of sp³-hybridized carbons (Fsp3) is 0.667. The highest BCUT2D eigenvalue weighted by molar-refractivity contribution is 7.99. The quantitative estimate of drug-likeness (QED) is 0.693. The van der Waals surface area contributed by atoms with Crippen LogP contribution in [-0.4, -0.2) is 29.8 Å². The van der Waals surface area contributed by atoms with Gasteiger partial charge in [0.25, 0.3) is 0 Å². The van der Waals surface area contributed by atoms with Gasteiger partial charge in [-0.1, -0.05) is 45.9 Å². The maximum absolute atomic E-state index is 2.75. The second kappa shape index (κ2) is 7.51. The molecule has 0 bridgehead atoms. The second-order valence-corrected chi connectivity index (χ2v) is 7.43. The Labute approximate surface area is 129 Å². The van der Waals surface area contributed by atoms with Crippen LogP contribution in [0.3, 0.4) is 0 Å². The second-order valence-electron chi connectivity index (χ2n) is 6.36. The first kappa shape index (κ1) is 15.9. The average Bonchev–Trinajstić information content (AvgIpc) is 2.83. The molecule has 1 aromatic rings. The monoisotopic (exact) mass is 291 g/mol. The molecule has 0 saturated carbocycles. The molecule has 112 valence electrons. The van der Waals surface area contributed by atoms with Crippen LogP contribution in [0.25, 0.3) is 0 Å². The van der Waals surface area contributed by atoms with E-state index in [4.69, 9.17) is 0 Å². The lowest BCUT2D eigenvalue weighted by molar-refractivity contribution is 0.159. The highest BCUT2D eigenvalue weighted by atomic mass is 32.2. The Morgan fingerprint density at radius 2 is 1.90 bits per heavy atom. The summed E-state index contributed by atoms with van der Waals surface area (Å²) < 4.78 is 0. The van der Waals surface area contributed by atoms with Gasteiger partial charge in [0.2, 0.25) is 0 Å². The molecule has 0 N–H and O–H groups in total. The first-order chi connectivity index (χ1) is 9.65. The fourth-order valence-electron chi connectivity index (χ4n) is 3.31. The van der Waals surface area contributed by atoms with Crippen LogP contribution in [0, 0.1) is 5.92 Å². The predicted octanol–water partition coefficient (Wildman–Crippen LogP) is 5.02. The van der Waals surface area contributed by atoms with Crippen LogP contribution in [0.5, 0.6) is 0 Å². The van der Waals surface area contributed by atoms with Crippen LogP contribution in [0.1, 0.15) is 52.0 Å². The molecule has 0 radical (unpaired) electrons. The van der Waals surface area contributed by atoms with Crippen LogP contribution < -0.4 is 0 Å². The number of thioether (sulfide) groups is 1. The summed E-state index contributed by atoms with van der Waals surface area (Å²) in [7, 11) is 0. The van der Waals surface area contributed by atoms with Gasteiger partial charge in [-0.3, -0.25) is 4.90 Å². The van der Waals surface area contributed by atoms with E-state index in [2.05, 4.69) is 56.9 Å². The van der Waals surface area contributed by atoms with Crippen molar-refractivity contribution in [3.63, 3.8) is 0 Å². The number of benzene rings is 1. The summed E-state index contributed by atoms with van der Waals surface area (Å²) >= 11 is 2.04. The van der Waals surface area contributed by atoms with E-state index in [9.17, 15) is 0 Å². The summed E-state index contributed by atoms with van der Waals surface area (Å²) in [6.45, 7) is 11.8. The minimum Gasteiger partial charge on any atom is -0.300 e. The van der Waals surface area contributed by atoms with Gasteiger partial charge in [-0.25, -0.2) is 0 Å². The molecule has 0 aromatic heterocycles. The lowest BCUT2D eigenvalue weighted by Gasteiger charge is -2.34. The van der Waals surface area contributed by atoms with Crippen molar-refractivity contribution in [1.29, 1.82) is 0 Å². The number of fused-ring (bicyclic) bond motifs is 1. The van der Waals surface area contributed by atoms with Gasteiger partial charge in [0.15, 0.2) is 0 Å². The molecule has 0 aliphatic carbocycles. The lowest BCUT2D eigenvalue weighted by atomic mass is 9.98. The third-order valence-electron chi connectivity index (χ3n) is 4.31. The first-order valence-electron chi connectivity index (χ1n) is 8.11. The maximum atomic E-state index is 2.75. The topological polar surface area (TPSA) is 3.24 Å². The highest BCUT2D eigenvalue weighted by Crippen LogP contribution is 2.40. The highest BCUT2D eigenvalue weighted by Gasteiger charge is 2.27.